The van der Waals surface area contributed by atoms with Gasteiger partial charge < -0.3 is 13.6 Å². The Labute approximate surface area is 200 Å². The van der Waals surface area contributed by atoms with E-state index in [9.17, 15) is 0 Å². The van der Waals surface area contributed by atoms with Gasteiger partial charge in [0.1, 0.15) is 11.5 Å². The lowest BCUT2D eigenvalue weighted by atomic mass is 10.2. The van der Waals surface area contributed by atoms with Crippen molar-refractivity contribution in [3.63, 3.8) is 0 Å². The molecule has 4 aromatic rings. The summed E-state index contributed by atoms with van der Waals surface area (Å²) >= 11 is 0. The van der Waals surface area contributed by atoms with Crippen LogP contribution in [0.3, 0.4) is 0 Å². The van der Waals surface area contributed by atoms with E-state index in [-0.39, 0.29) is 0 Å². The van der Waals surface area contributed by atoms with Crippen LogP contribution in [0.2, 0.25) is 0 Å². The fourth-order valence-corrected chi connectivity index (χ4v) is 11.0. The first kappa shape index (κ1) is 23.0. The monoisotopic (exact) mass is 470 g/mol. The number of benzene rings is 4. The third kappa shape index (κ3) is 5.27. The average molecular weight is 471 g/mol. The van der Waals surface area contributed by atoms with Gasteiger partial charge in [-0.15, -0.1) is 0 Å². The Bertz CT molecular complexity index is 1100. The molecule has 2 unspecified atom stereocenters. The van der Waals surface area contributed by atoms with Crippen LogP contribution in [-0.2, 0) is 4.12 Å². The van der Waals surface area contributed by atoms with Crippen molar-refractivity contribution in [3.8, 4) is 11.5 Å². The molecule has 0 aliphatic rings. The summed E-state index contributed by atoms with van der Waals surface area (Å²) in [5.41, 5.74) is 2.35. The summed E-state index contributed by atoms with van der Waals surface area (Å²) in [5.74, 6) is 1.79. The first-order chi connectivity index (χ1) is 16.1. The fraction of sp³-hybridized carbons (Fsp3) is 0.143. The Kier molecular flexibility index (Phi) is 7.44. The molecule has 0 N–H and O–H groups in total. The highest BCUT2D eigenvalue weighted by molar-refractivity contribution is 6.92. The number of rotatable bonds is 8. The molecule has 4 rings (SSSR count). The molecule has 2 atom stereocenters. The van der Waals surface area contributed by atoms with Gasteiger partial charge in [0.05, 0.1) is 14.2 Å². The lowest BCUT2D eigenvalue weighted by Gasteiger charge is -2.27. The molecule has 0 heterocycles. The summed E-state index contributed by atoms with van der Waals surface area (Å²) in [4.78, 5) is 0. The number of hydrogen-bond donors (Lipinski definition) is 0. The van der Waals surface area contributed by atoms with Crippen molar-refractivity contribution in [1.29, 1.82) is 0 Å². The second-order valence-electron chi connectivity index (χ2n) is 8.21. The lowest BCUT2D eigenvalue weighted by Crippen LogP contribution is -2.56. The number of hydrogen-bond acceptors (Lipinski definition) is 3. The van der Waals surface area contributed by atoms with Gasteiger partial charge in [-0.3, -0.25) is 0 Å². The van der Waals surface area contributed by atoms with Crippen LogP contribution < -0.4 is 30.2 Å². The van der Waals surface area contributed by atoms with Gasteiger partial charge in [0.2, 0.25) is 18.1 Å². The Morgan fingerprint density at radius 2 is 0.909 bits per heavy atom. The van der Waals surface area contributed by atoms with Crippen LogP contribution in [0, 0.1) is 13.8 Å². The van der Waals surface area contributed by atoms with E-state index in [0.717, 1.165) is 21.9 Å². The van der Waals surface area contributed by atoms with E-state index in [1.54, 1.807) is 14.2 Å². The molecule has 0 amide bonds. The Morgan fingerprint density at radius 1 is 0.515 bits per heavy atom. The van der Waals surface area contributed by atoms with Crippen molar-refractivity contribution in [2.45, 2.75) is 13.8 Å². The van der Waals surface area contributed by atoms with Crippen LogP contribution in [0.15, 0.2) is 97.1 Å². The summed E-state index contributed by atoms with van der Waals surface area (Å²) in [5, 5.41) is 4.79. The molecule has 0 bridgehead atoms. The second kappa shape index (κ2) is 10.7. The summed E-state index contributed by atoms with van der Waals surface area (Å²) in [6.45, 7) is 4.18. The molecule has 0 radical (unpaired) electrons. The van der Waals surface area contributed by atoms with E-state index in [1.165, 1.54) is 21.5 Å². The molecule has 0 saturated carbocycles. The van der Waals surface area contributed by atoms with Gasteiger partial charge in [0, 0.05) is 10.4 Å². The van der Waals surface area contributed by atoms with Crippen LogP contribution in [0.25, 0.3) is 0 Å². The zero-order chi connectivity index (χ0) is 23.2. The maximum absolute atomic E-state index is 7.28. The number of ether oxygens (including phenoxy) is 2. The summed E-state index contributed by atoms with van der Waals surface area (Å²) < 4.78 is 18.9. The number of aryl methyl sites for hydroxylation is 2. The minimum atomic E-state index is -2.09. The second-order valence-corrected chi connectivity index (χ2v) is 13.4. The van der Waals surface area contributed by atoms with Gasteiger partial charge in [-0.2, -0.15) is 0 Å². The zero-order valence-electron chi connectivity index (χ0n) is 19.6. The van der Waals surface area contributed by atoms with E-state index < -0.39 is 18.1 Å². The minimum Gasteiger partial charge on any atom is -0.497 e. The van der Waals surface area contributed by atoms with Crippen LogP contribution in [-0.4, -0.2) is 32.3 Å². The van der Waals surface area contributed by atoms with Crippen molar-refractivity contribution in [2.75, 3.05) is 14.2 Å². The number of methoxy groups -OCH3 is 2. The molecule has 0 saturated heterocycles. The first-order valence-corrected chi connectivity index (χ1v) is 14.4. The van der Waals surface area contributed by atoms with Gasteiger partial charge in [0.25, 0.3) is 0 Å². The molecular weight excluding hydrogens is 440 g/mol. The third-order valence-corrected chi connectivity index (χ3v) is 12.1. The summed E-state index contributed by atoms with van der Waals surface area (Å²) in [7, 11) is -0.697. The third-order valence-electron chi connectivity index (χ3n) is 5.82. The molecule has 33 heavy (non-hydrogen) atoms. The van der Waals surface area contributed by atoms with Gasteiger partial charge in [-0.25, -0.2) is 0 Å². The largest absolute Gasteiger partial charge is 0.497 e. The van der Waals surface area contributed by atoms with Crippen molar-refractivity contribution < 1.29 is 13.6 Å². The normalized spacial score (nSPS) is 12.7. The van der Waals surface area contributed by atoms with Gasteiger partial charge in [-0.1, -0.05) is 84.9 Å². The van der Waals surface area contributed by atoms with Crippen molar-refractivity contribution >= 4 is 38.8 Å². The smallest absolute Gasteiger partial charge is 0.232 e. The molecule has 3 nitrogen and oxygen atoms in total. The van der Waals surface area contributed by atoms with Crippen LogP contribution >= 0.6 is 0 Å². The maximum Gasteiger partial charge on any atom is 0.232 e. The molecule has 0 aromatic heterocycles. The van der Waals surface area contributed by atoms with E-state index in [1.807, 2.05) is 0 Å². The van der Waals surface area contributed by atoms with Crippen LogP contribution in [0.5, 0.6) is 11.5 Å². The molecule has 168 valence electrons. The molecule has 0 spiro atoms. The molecular formula is C28H30O3Si2. The van der Waals surface area contributed by atoms with Crippen molar-refractivity contribution in [3.05, 3.63) is 108 Å². The van der Waals surface area contributed by atoms with Crippen molar-refractivity contribution in [1.82, 2.24) is 0 Å². The molecule has 0 aliphatic heterocycles. The van der Waals surface area contributed by atoms with E-state index in [4.69, 9.17) is 13.6 Å². The van der Waals surface area contributed by atoms with Gasteiger partial charge >= 0.3 is 0 Å². The first-order valence-electron chi connectivity index (χ1n) is 11.1. The lowest BCUT2D eigenvalue weighted by molar-refractivity contribution is 0.416. The topological polar surface area (TPSA) is 27.7 Å². The summed E-state index contributed by atoms with van der Waals surface area (Å²) in [6, 6.07) is 34.0. The highest BCUT2D eigenvalue weighted by Gasteiger charge is 2.30. The SMILES string of the molecule is COc1cc(C)ccc1[SiH](O[SiH](c1ccccc1)c1ccc(C)cc1OC)c1ccccc1. The standard InChI is InChI=1S/C28H30O3Si2/c1-21-15-17-27(25(19-21)29-3)32(23-11-7-5-8-12-23)31-33(24-13-9-6-10-14-24)28-18-16-22(2)20-26(28)30-4/h5-20,32-33H,1-4H3. The summed E-state index contributed by atoms with van der Waals surface area (Å²) in [6.07, 6.45) is 0. The van der Waals surface area contributed by atoms with Crippen LogP contribution in [0.1, 0.15) is 11.1 Å². The van der Waals surface area contributed by atoms with Gasteiger partial charge in [-0.05, 0) is 47.5 Å². The quantitative estimate of drug-likeness (QED) is 0.371. The van der Waals surface area contributed by atoms with Crippen molar-refractivity contribution in [2.24, 2.45) is 0 Å². The van der Waals surface area contributed by atoms with Gasteiger partial charge in [0.15, 0.2) is 0 Å². The highest BCUT2D eigenvalue weighted by Crippen LogP contribution is 2.15. The Balaban J connectivity index is 1.87. The molecule has 0 fully saturated rings. The van der Waals surface area contributed by atoms with E-state index in [0.29, 0.717) is 0 Å². The maximum atomic E-state index is 7.28. The predicted octanol–water partition coefficient (Wildman–Crippen LogP) is 2.71. The predicted molar refractivity (Wildman–Crippen MR) is 142 cm³/mol. The Hall–Kier alpha value is -3.13. The highest BCUT2D eigenvalue weighted by atomic mass is 28.4. The van der Waals surface area contributed by atoms with Crippen LogP contribution in [0.4, 0.5) is 0 Å². The Morgan fingerprint density at radius 3 is 1.27 bits per heavy atom. The van der Waals surface area contributed by atoms with E-state index in [2.05, 4.69) is 111 Å². The minimum absolute atomic E-state index is 0.896. The molecule has 4 aromatic carbocycles. The zero-order valence-corrected chi connectivity index (χ0v) is 21.9. The fourth-order valence-electron chi connectivity index (χ4n) is 4.12. The van der Waals surface area contributed by atoms with E-state index >= 15 is 0 Å². The molecule has 0 aliphatic carbocycles. The molecule has 5 heteroatoms. The average Bonchev–Trinajstić information content (AvgIpc) is 2.86.